The van der Waals surface area contributed by atoms with Crippen molar-refractivity contribution in [2.75, 3.05) is 0 Å². The van der Waals surface area contributed by atoms with Crippen molar-refractivity contribution in [3.05, 3.63) is 23.1 Å². The first-order chi connectivity index (χ1) is 9.49. The molecule has 5 nitrogen and oxygen atoms in total. The van der Waals surface area contributed by atoms with Crippen LogP contribution in [-0.4, -0.2) is 25.6 Å². The van der Waals surface area contributed by atoms with Crippen molar-refractivity contribution in [2.24, 2.45) is 0 Å². The van der Waals surface area contributed by atoms with E-state index in [4.69, 9.17) is 11.6 Å². The second-order valence-electron chi connectivity index (χ2n) is 4.86. The molecule has 0 spiro atoms. The average molecular weight is 296 g/mol. The molecule has 2 rings (SSSR count). The van der Waals surface area contributed by atoms with E-state index in [1.807, 2.05) is 0 Å². The molecule has 0 aliphatic rings. The van der Waals surface area contributed by atoms with E-state index in [-0.39, 0.29) is 5.92 Å². The lowest BCUT2D eigenvalue weighted by Gasteiger charge is -2.17. The molecule has 1 unspecified atom stereocenters. The Bertz CT molecular complexity index is 635. The number of hydrogen-bond acceptors (Lipinski definition) is 3. The maximum atomic E-state index is 11.4. The fraction of sp³-hybridized carbons (Fsp3) is 0.500. The summed E-state index contributed by atoms with van der Waals surface area (Å²) < 4.78 is 1.71. The lowest BCUT2D eigenvalue weighted by molar-refractivity contribution is -0.140. The zero-order valence-electron chi connectivity index (χ0n) is 11.8. The lowest BCUT2D eigenvalue weighted by Crippen LogP contribution is -2.20. The number of rotatable bonds is 5. The summed E-state index contributed by atoms with van der Waals surface area (Å²) in [6.07, 6.45) is 3.33. The largest absolute Gasteiger partial charge is 0.480 e. The Morgan fingerprint density at radius 2 is 2.10 bits per heavy atom. The van der Waals surface area contributed by atoms with Crippen LogP contribution in [-0.2, 0) is 4.79 Å². The maximum Gasteiger partial charge on any atom is 0.326 e. The topological polar surface area (TPSA) is 68.0 Å². The van der Waals surface area contributed by atoms with E-state index in [1.54, 1.807) is 17.6 Å². The van der Waals surface area contributed by atoms with Gasteiger partial charge in [0.05, 0.1) is 5.02 Å². The molecule has 108 valence electrons. The summed E-state index contributed by atoms with van der Waals surface area (Å²) >= 11 is 5.94. The Kier molecular flexibility index (Phi) is 4.28. The van der Waals surface area contributed by atoms with Gasteiger partial charge in [-0.1, -0.05) is 25.4 Å². The smallest absolute Gasteiger partial charge is 0.326 e. The quantitative estimate of drug-likeness (QED) is 0.914. The van der Waals surface area contributed by atoms with Crippen LogP contribution >= 0.6 is 11.6 Å². The number of aliphatic carboxylic acids is 1. The molecule has 2 aromatic rings. The number of aromatic nitrogens is 3. The van der Waals surface area contributed by atoms with E-state index in [1.165, 1.54) is 6.20 Å². The first kappa shape index (κ1) is 14.8. The Morgan fingerprint density at radius 3 is 2.65 bits per heavy atom. The second-order valence-corrected chi connectivity index (χ2v) is 5.30. The highest BCUT2D eigenvalue weighted by Gasteiger charge is 2.25. The van der Waals surface area contributed by atoms with Crippen LogP contribution in [0.25, 0.3) is 11.2 Å². The third-order valence-electron chi connectivity index (χ3n) is 3.62. The third kappa shape index (κ3) is 2.50. The van der Waals surface area contributed by atoms with Crippen molar-refractivity contribution in [1.29, 1.82) is 0 Å². The summed E-state index contributed by atoms with van der Waals surface area (Å²) in [4.78, 5) is 20.2. The summed E-state index contributed by atoms with van der Waals surface area (Å²) in [6, 6.07) is 1.02. The molecule has 0 radical (unpaired) electrons. The average Bonchev–Trinajstić information content (AvgIpc) is 2.77. The number of carboxylic acid groups (broad SMARTS) is 1. The predicted octanol–water partition coefficient (Wildman–Crippen LogP) is 3.63. The summed E-state index contributed by atoms with van der Waals surface area (Å²) in [6.45, 7) is 5.79. The van der Waals surface area contributed by atoms with E-state index in [2.05, 4.69) is 23.8 Å². The molecular weight excluding hydrogens is 278 g/mol. The van der Waals surface area contributed by atoms with Gasteiger partial charge in [0.2, 0.25) is 0 Å². The lowest BCUT2D eigenvalue weighted by atomic mass is 10.0. The molecule has 1 atom stereocenters. The molecule has 20 heavy (non-hydrogen) atoms. The number of carbonyl (C=O) groups is 1. The molecular formula is C14H18ClN3O2. The molecule has 0 saturated carbocycles. The van der Waals surface area contributed by atoms with E-state index in [0.717, 1.165) is 18.7 Å². The van der Waals surface area contributed by atoms with Gasteiger partial charge in [-0.3, -0.25) is 4.57 Å². The van der Waals surface area contributed by atoms with Crippen molar-refractivity contribution in [3.63, 3.8) is 0 Å². The van der Waals surface area contributed by atoms with Gasteiger partial charge in [0.25, 0.3) is 0 Å². The molecule has 1 N–H and O–H groups in total. The maximum absolute atomic E-state index is 11.4. The van der Waals surface area contributed by atoms with Gasteiger partial charge in [-0.05, 0) is 25.8 Å². The molecule has 0 fully saturated rings. The minimum absolute atomic E-state index is 0.213. The highest BCUT2D eigenvalue weighted by Crippen LogP contribution is 2.29. The van der Waals surface area contributed by atoms with Crippen LogP contribution in [0.4, 0.5) is 0 Å². The number of fused-ring (bicyclic) bond motifs is 1. The number of imidazole rings is 1. The van der Waals surface area contributed by atoms with E-state index in [0.29, 0.717) is 16.2 Å². The minimum Gasteiger partial charge on any atom is -0.480 e. The van der Waals surface area contributed by atoms with Crippen LogP contribution < -0.4 is 0 Å². The van der Waals surface area contributed by atoms with Gasteiger partial charge in [-0.15, -0.1) is 0 Å². The van der Waals surface area contributed by atoms with Crippen LogP contribution in [0, 0.1) is 0 Å². The molecule has 0 aromatic carbocycles. The number of nitrogens with zero attached hydrogens (tertiary/aromatic N) is 3. The first-order valence-corrected chi connectivity index (χ1v) is 7.13. The Labute approximate surface area is 122 Å². The number of hydrogen-bond donors (Lipinski definition) is 1. The van der Waals surface area contributed by atoms with Gasteiger partial charge in [0.15, 0.2) is 5.65 Å². The Morgan fingerprint density at radius 1 is 1.45 bits per heavy atom. The second kappa shape index (κ2) is 5.79. The van der Waals surface area contributed by atoms with E-state index < -0.39 is 12.0 Å². The predicted molar refractivity (Wildman–Crippen MR) is 78.2 cm³/mol. The highest BCUT2D eigenvalue weighted by atomic mass is 35.5. The van der Waals surface area contributed by atoms with E-state index >= 15 is 0 Å². The fourth-order valence-electron chi connectivity index (χ4n) is 2.41. The number of halogens is 1. The van der Waals surface area contributed by atoms with Gasteiger partial charge in [-0.2, -0.15) is 0 Å². The normalized spacial score (nSPS) is 13.1. The van der Waals surface area contributed by atoms with Crippen LogP contribution in [0.3, 0.4) is 0 Å². The van der Waals surface area contributed by atoms with Crippen molar-refractivity contribution in [3.8, 4) is 0 Å². The third-order valence-corrected chi connectivity index (χ3v) is 3.83. The molecule has 0 aliphatic heterocycles. The monoisotopic (exact) mass is 295 g/mol. The summed E-state index contributed by atoms with van der Waals surface area (Å²) in [5.41, 5.74) is 1.22. The van der Waals surface area contributed by atoms with Crippen molar-refractivity contribution in [2.45, 2.75) is 45.6 Å². The molecule has 2 aromatic heterocycles. The van der Waals surface area contributed by atoms with E-state index in [9.17, 15) is 9.90 Å². The summed E-state index contributed by atoms with van der Waals surface area (Å²) in [5, 5.41) is 9.82. The van der Waals surface area contributed by atoms with Crippen LogP contribution in [0.2, 0.25) is 5.02 Å². The van der Waals surface area contributed by atoms with Gasteiger partial charge in [-0.25, -0.2) is 14.8 Å². The molecule has 2 heterocycles. The number of pyridine rings is 1. The van der Waals surface area contributed by atoms with Crippen molar-refractivity contribution in [1.82, 2.24) is 14.5 Å². The summed E-state index contributed by atoms with van der Waals surface area (Å²) in [5.74, 6) is 0.0905. The Hall–Kier alpha value is -1.62. The molecule has 0 saturated heterocycles. The zero-order chi connectivity index (χ0) is 14.9. The SMILES string of the molecule is CCC(CC)c1nc2cc(Cl)cnc2n1C(C)C(=O)O. The molecule has 0 amide bonds. The van der Waals surface area contributed by atoms with Crippen molar-refractivity contribution >= 4 is 28.7 Å². The first-order valence-electron chi connectivity index (χ1n) is 6.75. The van der Waals surface area contributed by atoms with Crippen LogP contribution in [0.5, 0.6) is 0 Å². The van der Waals surface area contributed by atoms with Gasteiger partial charge in [0, 0.05) is 12.1 Å². The van der Waals surface area contributed by atoms with Crippen LogP contribution in [0.1, 0.15) is 51.4 Å². The molecule has 0 aliphatic carbocycles. The molecule has 6 heteroatoms. The Balaban J connectivity index is 2.71. The van der Waals surface area contributed by atoms with Gasteiger partial charge in [0.1, 0.15) is 17.4 Å². The van der Waals surface area contributed by atoms with Gasteiger partial charge < -0.3 is 5.11 Å². The highest BCUT2D eigenvalue weighted by molar-refractivity contribution is 6.31. The van der Waals surface area contributed by atoms with Gasteiger partial charge >= 0.3 is 5.97 Å². The number of carboxylic acids is 1. The zero-order valence-corrected chi connectivity index (χ0v) is 12.6. The fourth-order valence-corrected chi connectivity index (χ4v) is 2.56. The van der Waals surface area contributed by atoms with Crippen LogP contribution in [0.15, 0.2) is 12.3 Å². The standard InChI is InChI=1S/C14H18ClN3O2/c1-4-9(5-2)12-17-11-6-10(15)7-16-13(11)18(12)8(3)14(19)20/h6-9H,4-5H2,1-3H3,(H,19,20). The summed E-state index contributed by atoms with van der Waals surface area (Å²) in [7, 11) is 0. The molecule has 0 bridgehead atoms. The minimum atomic E-state index is -0.895. The van der Waals surface area contributed by atoms with Crippen molar-refractivity contribution < 1.29 is 9.90 Å².